The van der Waals surface area contributed by atoms with Gasteiger partial charge in [-0.3, -0.25) is 0 Å². The van der Waals surface area contributed by atoms with E-state index in [0.29, 0.717) is 18.7 Å². The fourth-order valence-corrected chi connectivity index (χ4v) is 3.62. The SMILES string of the molecule is Fc1ccc(F)c(CNCc2cc(Br)c(Br)s2)c1. The van der Waals surface area contributed by atoms with Gasteiger partial charge in [0.25, 0.3) is 0 Å². The molecule has 0 bridgehead atoms. The van der Waals surface area contributed by atoms with Crippen LogP contribution >= 0.6 is 43.2 Å². The summed E-state index contributed by atoms with van der Waals surface area (Å²) < 4.78 is 28.3. The zero-order valence-corrected chi connectivity index (χ0v) is 13.1. The second kappa shape index (κ2) is 6.23. The van der Waals surface area contributed by atoms with Gasteiger partial charge in [-0.15, -0.1) is 11.3 Å². The zero-order valence-electron chi connectivity index (χ0n) is 9.14. The summed E-state index contributed by atoms with van der Waals surface area (Å²) >= 11 is 8.40. The molecule has 1 aromatic carbocycles. The van der Waals surface area contributed by atoms with Crippen LogP contribution in [0, 0.1) is 11.6 Å². The van der Waals surface area contributed by atoms with E-state index in [1.807, 2.05) is 6.07 Å². The van der Waals surface area contributed by atoms with Crippen LogP contribution in [0.25, 0.3) is 0 Å². The lowest BCUT2D eigenvalue weighted by molar-refractivity contribution is 0.569. The molecule has 0 saturated heterocycles. The molecule has 0 amide bonds. The van der Waals surface area contributed by atoms with Gasteiger partial charge in [0.15, 0.2) is 0 Å². The van der Waals surface area contributed by atoms with Crippen molar-refractivity contribution in [2.24, 2.45) is 0 Å². The molecular formula is C12H9Br2F2NS. The van der Waals surface area contributed by atoms with Gasteiger partial charge in [-0.2, -0.15) is 0 Å². The van der Waals surface area contributed by atoms with Crippen molar-refractivity contribution in [3.8, 4) is 0 Å². The summed E-state index contributed by atoms with van der Waals surface area (Å²) in [5.74, 6) is -0.813. The lowest BCUT2D eigenvalue weighted by Crippen LogP contribution is -2.13. The Morgan fingerprint density at radius 2 is 1.89 bits per heavy atom. The minimum Gasteiger partial charge on any atom is -0.308 e. The van der Waals surface area contributed by atoms with E-state index in [-0.39, 0.29) is 0 Å². The summed E-state index contributed by atoms with van der Waals surface area (Å²) in [4.78, 5) is 1.12. The van der Waals surface area contributed by atoms with Gasteiger partial charge in [-0.05, 0) is 56.1 Å². The predicted molar refractivity (Wildman–Crippen MR) is 76.6 cm³/mol. The fourth-order valence-electron chi connectivity index (χ4n) is 1.48. The molecule has 0 spiro atoms. The van der Waals surface area contributed by atoms with Gasteiger partial charge < -0.3 is 5.32 Å². The molecule has 1 aromatic heterocycles. The maximum Gasteiger partial charge on any atom is 0.127 e. The minimum absolute atomic E-state index is 0.302. The third kappa shape index (κ3) is 3.60. The Morgan fingerprint density at radius 1 is 1.11 bits per heavy atom. The van der Waals surface area contributed by atoms with Crippen LogP contribution in [0.4, 0.5) is 8.78 Å². The van der Waals surface area contributed by atoms with Crippen LogP contribution in [0.2, 0.25) is 0 Å². The van der Waals surface area contributed by atoms with Crippen molar-refractivity contribution in [2.45, 2.75) is 13.1 Å². The van der Waals surface area contributed by atoms with E-state index in [9.17, 15) is 8.78 Å². The van der Waals surface area contributed by atoms with Crippen LogP contribution in [-0.2, 0) is 13.1 Å². The van der Waals surface area contributed by atoms with Crippen molar-refractivity contribution < 1.29 is 8.78 Å². The van der Waals surface area contributed by atoms with Gasteiger partial charge in [0.1, 0.15) is 11.6 Å². The molecule has 0 atom stereocenters. The molecule has 18 heavy (non-hydrogen) atoms. The molecule has 0 unspecified atom stereocenters. The van der Waals surface area contributed by atoms with Crippen molar-refractivity contribution in [1.29, 1.82) is 0 Å². The van der Waals surface area contributed by atoms with Crippen LogP contribution < -0.4 is 5.32 Å². The smallest absolute Gasteiger partial charge is 0.127 e. The number of hydrogen-bond donors (Lipinski definition) is 1. The minimum atomic E-state index is -0.421. The van der Waals surface area contributed by atoms with Gasteiger partial charge in [-0.1, -0.05) is 0 Å². The summed E-state index contributed by atoms with van der Waals surface area (Å²) in [6, 6.07) is 5.46. The number of hydrogen-bond acceptors (Lipinski definition) is 2. The maximum atomic E-state index is 13.3. The van der Waals surface area contributed by atoms with Crippen molar-refractivity contribution >= 4 is 43.2 Å². The molecular weight excluding hydrogens is 388 g/mol. The van der Waals surface area contributed by atoms with Gasteiger partial charge in [0.2, 0.25) is 0 Å². The Bertz CT molecular complexity index is 538. The van der Waals surface area contributed by atoms with Crippen molar-refractivity contribution in [2.75, 3.05) is 0 Å². The Labute approximate surface area is 124 Å². The summed E-state index contributed by atoms with van der Waals surface area (Å²) in [5.41, 5.74) is 0.338. The molecule has 2 rings (SSSR count). The van der Waals surface area contributed by atoms with E-state index in [0.717, 1.165) is 25.3 Å². The highest BCUT2D eigenvalue weighted by Gasteiger charge is 2.06. The topological polar surface area (TPSA) is 12.0 Å². The second-order valence-corrected chi connectivity index (χ2v) is 6.98. The van der Waals surface area contributed by atoms with Gasteiger partial charge in [-0.25, -0.2) is 8.78 Å². The van der Waals surface area contributed by atoms with Crippen molar-refractivity contribution in [3.05, 3.63) is 54.6 Å². The Kier molecular flexibility index (Phi) is 4.89. The van der Waals surface area contributed by atoms with Crippen LogP contribution in [0.1, 0.15) is 10.4 Å². The lowest BCUT2D eigenvalue weighted by atomic mass is 10.2. The van der Waals surface area contributed by atoms with E-state index in [4.69, 9.17) is 0 Å². The van der Waals surface area contributed by atoms with Crippen LogP contribution in [-0.4, -0.2) is 0 Å². The number of thiophene rings is 1. The monoisotopic (exact) mass is 395 g/mol. The largest absolute Gasteiger partial charge is 0.308 e. The lowest BCUT2D eigenvalue weighted by Gasteiger charge is -2.04. The highest BCUT2D eigenvalue weighted by molar-refractivity contribution is 9.13. The zero-order chi connectivity index (χ0) is 13.1. The molecule has 0 aliphatic rings. The summed E-state index contributed by atoms with van der Waals surface area (Å²) in [7, 11) is 0. The third-order valence-corrected chi connectivity index (χ3v) is 5.57. The molecule has 0 fully saturated rings. The number of rotatable bonds is 4. The highest BCUT2D eigenvalue weighted by Crippen LogP contribution is 2.32. The van der Waals surface area contributed by atoms with Gasteiger partial charge in [0.05, 0.1) is 3.79 Å². The van der Waals surface area contributed by atoms with Crippen molar-refractivity contribution in [1.82, 2.24) is 5.32 Å². The van der Waals surface area contributed by atoms with Crippen LogP contribution in [0.5, 0.6) is 0 Å². The van der Waals surface area contributed by atoms with E-state index in [1.165, 1.54) is 6.07 Å². The van der Waals surface area contributed by atoms with Crippen LogP contribution in [0.3, 0.4) is 0 Å². The van der Waals surface area contributed by atoms with Gasteiger partial charge in [0, 0.05) is 28.0 Å². The number of halogens is 4. The molecule has 96 valence electrons. The van der Waals surface area contributed by atoms with Crippen molar-refractivity contribution in [3.63, 3.8) is 0 Å². The summed E-state index contributed by atoms with van der Waals surface area (Å²) in [5, 5.41) is 3.09. The predicted octanol–water partition coefficient (Wildman–Crippen LogP) is 4.84. The first-order valence-electron chi connectivity index (χ1n) is 5.14. The standard InChI is InChI=1S/C12H9Br2F2NS/c13-10-4-9(18-12(10)14)6-17-5-7-3-8(15)1-2-11(7)16/h1-4,17H,5-6H2. The normalized spacial score (nSPS) is 10.9. The second-order valence-electron chi connectivity index (χ2n) is 3.67. The highest BCUT2D eigenvalue weighted by atomic mass is 79.9. The first-order valence-corrected chi connectivity index (χ1v) is 7.55. The average molecular weight is 397 g/mol. The number of benzene rings is 1. The van der Waals surface area contributed by atoms with Gasteiger partial charge >= 0.3 is 0 Å². The number of nitrogens with one attached hydrogen (secondary N) is 1. The van der Waals surface area contributed by atoms with Crippen LogP contribution in [0.15, 0.2) is 32.5 Å². The first-order chi connectivity index (χ1) is 8.56. The van der Waals surface area contributed by atoms with E-state index >= 15 is 0 Å². The Hall–Kier alpha value is -0.300. The summed E-state index contributed by atoms with van der Waals surface area (Å²) in [6.45, 7) is 0.918. The average Bonchev–Trinajstić information content (AvgIpc) is 2.63. The third-order valence-electron chi connectivity index (χ3n) is 2.32. The fraction of sp³-hybridized carbons (Fsp3) is 0.167. The van der Waals surface area contributed by atoms with E-state index < -0.39 is 11.6 Å². The van der Waals surface area contributed by atoms with E-state index in [1.54, 1.807) is 11.3 Å². The molecule has 0 aliphatic carbocycles. The Morgan fingerprint density at radius 3 is 2.56 bits per heavy atom. The molecule has 0 aliphatic heterocycles. The summed E-state index contributed by atoms with van der Waals surface area (Å²) in [6.07, 6.45) is 0. The molecule has 1 N–H and O–H groups in total. The first kappa shape index (κ1) is 14.1. The van der Waals surface area contributed by atoms with E-state index in [2.05, 4.69) is 37.2 Å². The molecule has 0 radical (unpaired) electrons. The maximum absolute atomic E-state index is 13.3. The molecule has 1 heterocycles. The molecule has 1 nitrogen and oxygen atoms in total. The Balaban J connectivity index is 1.94. The molecule has 0 saturated carbocycles. The quantitative estimate of drug-likeness (QED) is 0.779. The molecule has 6 heteroatoms. The molecule has 2 aromatic rings.